The minimum atomic E-state index is -0.467. The maximum atomic E-state index is 11.6. The zero-order valence-electron chi connectivity index (χ0n) is 11.2. The van der Waals surface area contributed by atoms with E-state index >= 15 is 0 Å². The molecule has 1 aromatic heterocycles. The number of phenolic OH excluding ortho intramolecular Hbond substituents is 1. The summed E-state index contributed by atoms with van der Waals surface area (Å²) in [6, 6.07) is 6.19. The monoisotopic (exact) mass is 308 g/mol. The van der Waals surface area contributed by atoms with Crippen LogP contribution in [0.2, 0.25) is 5.02 Å². The van der Waals surface area contributed by atoms with Crippen molar-refractivity contribution in [1.82, 2.24) is 5.43 Å². The topological polar surface area (TPSA) is 84.1 Å². The minimum Gasteiger partial charge on any atom is -0.503 e. The highest BCUT2D eigenvalue weighted by Gasteiger charge is 2.09. The maximum absolute atomic E-state index is 11.6. The van der Waals surface area contributed by atoms with E-state index in [4.69, 9.17) is 20.8 Å². The Morgan fingerprint density at radius 1 is 1.57 bits per heavy atom. The van der Waals surface area contributed by atoms with Gasteiger partial charge < -0.3 is 14.3 Å². The average Bonchev–Trinajstić information content (AvgIpc) is 2.98. The fraction of sp³-hybridized carbons (Fsp3) is 0.143. The number of benzene rings is 1. The molecule has 0 fully saturated rings. The van der Waals surface area contributed by atoms with Crippen LogP contribution in [0.3, 0.4) is 0 Å². The van der Waals surface area contributed by atoms with E-state index in [0.717, 1.165) is 0 Å². The van der Waals surface area contributed by atoms with Crippen molar-refractivity contribution in [3.63, 3.8) is 0 Å². The van der Waals surface area contributed by atoms with Crippen LogP contribution in [0.4, 0.5) is 0 Å². The Balaban J connectivity index is 2.08. The van der Waals surface area contributed by atoms with Crippen LogP contribution < -0.4 is 10.2 Å². The summed E-state index contributed by atoms with van der Waals surface area (Å²) in [5.41, 5.74) is 2.88. The molecule has 1 amide bonds. The number of halogens is 1. The minimum absolute atomic E-state index is 0.129. The average molecular weight is 309 g/mol. The number of phenols is 1. The second-order valence-corrected chi connectivity index (χ2v) is 4.37. The Kier molecular flexibility index (Phi) is 4.84. The molecule has 0 atom stereocenters. The molecule has 0 aliphatic rings. The molecule has 1 heterocycles. The van der Waals surface area contributed by atoms with Crippen LogP contribution in [0.5, 0.6) is 11.5 Å². The van der Waals surface area contributed by atoms with Gasteiger partial charge in [0.05, 0.1) is 24.1 Å². The lowest BCUT2D eigenvalue weighted by Crippen LogP contribution is -2.16. The van der Waals surface area contributed by atoms with Crippen molar-refractivity contribution in [1.29, 1.82) is 0 Å². The van der Waals surface area contributed by atoms with Gasteiger partial charge in [-0.25, -0.2) is 5.43 Å². The predicted octanol–water partition coefficient (Wildman–Crippen LogP) is 2.80. The molecule has 110 valence electrons. The quantitative estimate of drug-likeness (QED) is 0.657. The van der Waals surface area contributed by atoms with Gasteiger partial charge in [-0.3, -0.25) is 4.79 Å². The van der Waals surface area contributed by atoms with Crippen LogP contribution in [0.25, 0.3) is 0 Å². The summed E-state index contributed by atoms with van der Waals surface area (Å²) < 4.78 is 10.2. The summed E-state index contributed by atoms with van der Waals surface area (Å²) in [5, 5.41) is 13.6. The summed E-state index contributed by atoms with van der Waals surface area (Å²) in [7, 11) is 0. The zero-order valence-corrected chi connectivity index (χ0v) is 11.9. The number of furan rings is 1. The van der Waals surface area contributed by atoms with Crippen molar-refractivity contribution in [2.75, 3.05) is 6.61 Å². The van der Waals surface area contributed by atoms with Crippen molar-refractivity contribution in [3.05, 3.63) is 46.9 Å². The van der Waals surface area contributed by atoms with Crippen molar-refractivity contribution in [2.24, 2.45) is 5.10 Å². The predicted molar refractivity (Wildman–Crippen MR) is 78.1 cm³/mol. The summed E-state index contributed by atoms with van der Waals surface area (Å²) in [4.78, 5) is 11.6. The van der Waals surface area contributed by atoms with Gasteiger partial charge in [0.15, 0.2) is 17.3 Å². The Morgan fingerprint density at radius 2 is 2.38 bits per heavy atom. The fourth-order valence-corrected chi connectivity index (χ4v) is 1.78. The molecule has 2 aromatic rings. The summed E-state index contributed by atoms with van der Waals surface area (Å²) in [5.74, 6) is -0.184. The third-order valence-corrected chi connectivity index (χ3v) is 2.76. The number of amides is 1. The molecule has 0 bridgehead atoms. The van der Waals surface area contributed by atoms with Crippen molar-refractivity contribution < 1.29 is 19.1 Å². The van der Waals surface area contributed by atoms with Gasteiger partial charge in [0, 0.05) is 0 Å². The third kappa shape index (κ3) is 3.76. The molecule has 2 rings (SSSR count). The number of hydrazone groups is 1. The number of nitrogens with zero attached hydrogens (tertiary/aromatic N) is 1. The van der Waals surface area contributed by atoms with Crippen LogP contribution >= 0.6 is 11.6 Å². The Labute approximate surface area is 126 Å². The van der Waals surface area contributed by atoms with E-state index in [1.165, 1.54) is 24.6 Å². The van der Waals surface area contributed by atoms with Gasteiger partial charge in [0.1, 0.15) is 0 Å². The smallest absolute Gasteiger partial charge is 0.307 e. The Morgan fingerprint density at radius 3 is 3.05 bits per heavy atom. The number of carbonyl (C=O) groups excluding carboxylic acids is 1. The summed E-state index contributed by atoms with van der Waals surface area (Å²) >= 11 is 5.88. The number of aromatic hydroxyl groups is 1. The Hall–Kier alpha value is -2.47. The normalized spacial score (nSPS) is 10.8. The van der Waals surface area contributed by atoms with Crippen LogP contribution in [0.1, 0.15) is 23.0 Å². The van der Waals surface area contributed by atoms with Gasteiger partial charge >= 0.3 is 5.91 Å². The van der Waals surface area contributed by atoms with Crippen molar-refractivity contribution in [2.45, 2.75) is 6.92 Å². The van der Waals surface area contributed by atoms with Gasteiger partial charge in [-0.05, 0) is 36.8 Å². The molecule has 0 aliphatic heterocycles. The second kappa shape index (κ2) is 6.81. The van der Waals surface area contributed by atoms with Gasteiger partial charge in [0.25, 0.3) is 0 Å². The molecule has 7 heteroatoms. The molecule has 0 saturated heterocycles. The molecule has 1 aromatic carbocycles. The number of hydrogen-bond donors (Lipinski definition) is 2. The molecule has 2 N–H and O–H groups in total. The molecule has 6 nitrogen and oxygen atoms in total. The van der Waals surface area contributed by atoms with E-state index in [1.807, 2.05) is 0 Å². The highest BCUT2D eigenvalue weighted by Crippen LogP contribution is 2.34. The van der Waals surface area contributed by atoms with E-state index in [-0.39, 0.29) is 22.3 Å². The SMILES string of the molecule is CCOc1cc(/C=N\NC(=O)c2ccco2)cc(Cl)c1O. The molecule has 21 heavy (non-hydrogen) atoms. The number of hydrogen-bond acceptors (Lipinski definition) is 5. The molecular formula is C14H13ClN2O4. The van der Waals surface area contributed by atoms with E-state index in [0.29, 0.717) is 12.2 Å². The summed E-state index contributed by atoms with van der Waals surface area (Å²) in [6.07, 6.45) is 2.78. The molecule has 0 unspecified atom stereocenters. The third-order valence-electron chi connectivity index (χ3n) is 2.48. The highest BCUT2D eigenvalue weighted by atomic mass is 35.5. The van der Waals surface area contributed by atoms with E-state index in [9.17, 15) is 9.90 Å². The van der Waals surface area contributed by atoms with E-state index in [1.54, 1.807) is 19.1 Å². The van der Waals surface area contributed by atoms with Gasteiger partial charge in [0.2, 0.25) is 0 Å². The van der Waals surface area contributed by atoms with Crippen molar-refractivity contribution in [3.8, 4) is 11.5 Å². The van der Waals surface area contributed by atoms with Crippen LogP contribution in [0, 0.1) is 0 Å². The van der Waals surface area contributed by atoms with Crippen LogP contribution in [0.15, 0.2) is 40.0 Å². The first-order chi connectivity index (χ1) is 10.1. The molecule has 0 saturated carbocycles. The first-order valence-electron chi connectivity index (χ1n) is 6.14. The molecular weight excluding hydrogens is 296 g/mol. The zero-order chi connectivity index (χ0) is 15.2. The largest absolute Gasteiger partial charge is 0.503 e. The number of nitrogens with one attached hydrogen (secondary N) is 1. The number of carbonyl (C=O) groups is 1. The number of rotatable bonds is 5. The lowest BCUT2D eigenvalue weighted by atomic mass is 10.2. The first kappa shape index (κ1) is 14.9. The van der Waals surface area contributed by atoms with Gasteiger partial charge in [-0.1, -0.05) is 11.6 Å². The molecule has 0 radical (unpaired) electrons. The van der Waals surface area contributed by atoms with Gasteiger partial charge in [-0.15, -0.1) is 0 Å². The lowest BCUT2D eigenvalue weighted by Gasteiger charge is -2.08. The lowest BCUT2D eigenvalue weighted by molar-refractivity contribution is 0.0927. The maximum Gasteiger partial charge on any atom is 0.307 e. The highest BCUT2D eigenvalue weighted by molar-refractivity contribution is 6.32. The van der Waals surface area contributed by atoms with E-state index in [2.05, 4.69) is 10.5 Å². The summed E-state index contributed by atoms with van der Waals surface area (Å²) in [6.45, 7) is 2.18. The van der Waals surface area contributed by atoms with Crippen LogP contribution in [-0.2, 0) is 0 Å². The van der Waals surface area contributed by atoms with Gasteiger partial charge in [-0.2, -0.15) is 5.10 Å². The first-order valence-corrected chi connectivity index (χ1v) is 6.51. The van der Waals surface area contributed by atoms with Crippen molar-refractivity contribution >= 4 is 23.7 Å². The van der Waals surface area contributed by atoms with E-state index < -0.39 is 5.91 Å². The molecule has 0 spiro atoms. The number of ether oxygens (including phenoxy) is 1. The molecule has 0 aliphatic carbocycles. The Bertz CT molecular complexity index is 653. The van der Waals surface area contributed by atoms with Crippen LogP contribution in [-0.4, -0.2) is 23.8 Å². The fourth-order valence-electron chi connectivity index (χ4n) is 1.56. The standard InChI is InChI=1S/C14H13ClN2O4/c1-2-20-12-7-9(6-10(15)13(12)18)8-16-17-14(19)11-4-3-5-21-11/h3-8,18H,2H2,1H3,(H,17,19)/b16-8-. The second-order valence-electron chi connectivity index (χ2n) is 3.96.